The van der Waals surface area contributed by atoms with Gasteiger partial charge in [-0.2, -0.15) is 0 Å². The molecular weight excluding hydrogens is 400 g/mol. The Morgan fingerprint density at radius 3 is 2.57 bits per heavy atom. The van der Waals surface area contributed by atoms with Crippen LogP contribution in [0.3, 0.4) is 0 Å². The van der Waals surface area contributed by atoms with Crippen LogP contribution in [0, 0.1) is 0 Å². The van der Waals surface area contributed by atoms with E-state index in [0.29, 0.717) is 22.5 Å². The summed E-state index contributed by atoms with van der Waals surface area (Å²) in [5.41, 5.74) is 2.86. The minimum atomic E-state index is -0.832. The summed E-state index contributed by atoms with van der Waals surface area (Å²) in [7, 11) is 0. The molecule has 0 saturated carbocycles. The van der Waals surface area contributed by atoms with Crippen molar-refractivity contribution in [3.05, 3.63) is 54.1 Å². The van der Waals surface area contributed by atoms with Gasteiger partial charge in [0.1, 0.15) is 10.8 Å². The molecule has 2 heterocycles. The smallest absolute Gasteiger partial charge is 0.269 e. The largest absolute Gasteiger partial charge is 0.476 e. The lowest BCUT2D eigenvalue weighted by Gasteiger charge is -2.33. The number of para-hydroxylation sites is 2. The zero-order chi connectivity index (χ0) is 21.3. The first-order valence-electron chi connectivity index (χ1n) is 9.71. The summed E-state index contributed by atoms with van der Waals surface area (Å²) in [5.74, 6) is 0.445. The molecule has 0 spiro atoms. The molecule has 4 rings (SSSR count). The van der Waals surface area contributed by atoms with Crippen molar-refractivity contribution < 1.29 is 14.3 Å². The Balaban J connectivity index is 1.48. The Labute approximate surface area is 178 Å². The number of amides is 2. The minimum absolute atomic E-state index is 0.139. The van der Waals surface area contributed by atoms with E-state index in [2.05, 4.69) is 41.5 Å². The molecule has 7 nitrogen and oxygen atoms in total. The van der Waals surface area contributed by atoms with Crippen molar-refractivity contribution in [2.45, 2.75) is 32.8 Å². The van der Waals surface area contributed by atoms with Crippen LogP contribution in [0.5, 0.6) is 5.75 Å². The topological polar surface area (TPSA) is 84.4 Å². The highest BCUT2D eigenvalue weighted by atomic mass is 32.1. The maximum Gasteiger partial charge on any atom is 0.269 e. The van der Waals surface area contributed by atoms with Gasteiger partial charge in [0.05, 0.1) is 12.2 Å². The molecule has 1 aromatic heterocycles. The minimum Gasteiger partial charge on any atom is -0.476 e. The Kier molecular flexibility index (Phi) is 5.50. The van der Waals surface area contributed by atoms with E-state index in [0.717, 1.165) is 10.6 Å². The number of hydrogen-bond acceptors (Lipinski definition) is 6. The first kappa shape index (κ1) is 20.0. The normalized spacial score (nSPS) is 15.5. The van der Waals surface area contributed by atoms with Crippen LogP contribution in [0.15, 0.2) is 48.5 Å². The van der Waals surface area contributed by atoms with Crippen molar-refractivity contribution in [1.82, 2.24) is 10.2 Å². The zero-order valence-corrected chi connectivity index (χ0v) is 17.8. The zero-order valence-electron chi connectivity index (χ0n) is 17.0. The van der Waals surface area contributed by atoms with Crippen LogP contribution in [0.25, 0.3) is 10.6 Å². The van der Waals surface area contributed by atoms with Crippen molar-refractivity contribution >= 4 is 34.0 Å². The molecule has 0 saturated heterocycles. The summed E-state index contributed by atoms with van der Waals surface area (Å²) in [4.78, 5) is 26.4. The van der Waals surface area contributed by atoms with E-state index in [1.54, 1.807) is 23.1 Å². The molecule has 1 unspecified atom stereocenters. The number of nitrogens with zero attached hydrogens (tertiary/aromatic N) is 3. The van der Waals surface area contributed by atoms with Gasteiger partial charge in [-0.15, -0.1) is 10.2 Å². The van der Waals surface area contributed by atoms with Crippen LogP contribution in [0.1, 0.15) is 32.3 Å². The second-order valence-corrected chi connectivity index (χ2v) is 8.36. The quantitative estimate of drug-likeness (QED) is 0.685. The fourth-order valence-electron chi connectivity index (χ4n) is 3.26. The predicted octanol–water partition coefficient (Wildman–Crippen LogP) is 4.08. The molecule has 0 aliphatic carbocycles. The lowest BCUT2D eigenvalue weighted by Crippen LogP contribution is -2.48. The standard InChI is InChI=1S/C22H22N4O3S/c1-13(2)15-8-10-16(11-9-15)21-24-25-22(30-21)23-20(28)19-12-26(14(3)27)17-6-4-5-7-18(17)29-19/h4-11,13,19H,12H2,1-3H3,(H,23,25,28). The summed E-state index contributed by atoms with van der Waals surface area (Å²) < 4.78 is 5.82. The molecule has 2 aromatic carbocycles. The highest BCUT2D eigenvalue weighted by Crippen LogP contribution is 2.34. The number of anilines is 2. The van der Waals surface area contributed by atoms with Crippen LogP contribution in [0.2, 0.25) is 0 Å². The van der Waals surface area contributed by atoms with Gasteiger partial charge in [-0.3, -0.25) is 14.9 Å². The van der Waals surface area contributed by atoms with E-state index in [4.69, 9.17) is 4.74 Å². The number of benzene rings is 2. The maximum absolute atomic E-state index is 12.8. The lowest BCUT2D eigenvalue weighted by atomic mass is 10.0. The molecule has 1 aliphatic heterocycles. The first-order valence-corrected chi connectivity index (χ1v) is 10.5. The molecule has 154 valence electrons. The Morgan fingerprint density at radius 2 is 1.87 bits per heavy atom. The monoisotopic (exact) mass is 422 g/mol. The van der Waals surface area contributed by atoms with Crippen LogP contribution >= 0.6 is 11.3 Å². The van der Waals surface area contributed by atoms with E-state index in [9.17, 15) is 9.59 Å². The maximum atomic E-state index is 12.8. The van der Waals surface area contributed by atoms with Gasteiger partial charge in [0.25, 0.3) is 5.91 Å². The second kappa shape index (κ2) is 8.23. The number of fused-ring (bicyclic) bond motifs is 1. The van der Waals surface area contributed by atoms with Crippen molar-refractivity contribution in [2.75, 3.05) is 16.8 Å². The van der Waals surface area contributed by atoms with Crippen molar-refractivity contribution in [3.8, 4) is 16.3 Å². The lowest BCUT2D eigenvalue weighted by molar-refractivity contribution is -0.123. The molecule has 30 heavy (non-hydrogen) atoms. The third kappa shape index (κ3) is 4.04. The van der Waals surface area contributed by atoms with Crippen molar-refractivity contribution in [1.29, 1.82) is 0 Å². The van der Waals surface area contributed by atoms with Gasteiger partial charge in [0.2, 0.25) is 11.0 Å². The molecule has 0 radical (unpaired) electrons. The summed E-state index contributed by atoms with van der Waals surface area (Å²) in [5, 5.41) is 12.1. The molecule has 3 aromatic rings. The SMILES string of the molecule is CC(=O)N1CC(C(=O)Nc2nnc(-c3ccc(C(C)C)cc3)s2)Oc2ccccc21. The Morgan fingerprint density at radius 1 is 1.13 bits per heavy atom. The van der Waals surface area contributed by atoms with Crippen LogP contribution in [-0.4, -0.2) is 34.7 Å². The molecule has 0 fully saturated rings. The van der Waals surface area contributed by atoms with Gasteiger partial charge in [-0.05, 0) is 23.6 Å². The number of rotatable bonds is 4. The highest BCUT2D eigenvalue weighted by Gasteiger charge is 2.33. The van der Waals surface area contributed by atoms with Crippen LogP contribution in [-0.2, 0) is 9.59 Å². The molecule has 1 N–H and O–H groups in total. The van der Waals surface area contributed by atoms with E-state index in [-0.39, 0.29) is 18.4 Å². The van der Waals surface area contributed by atoms with Gasteiger partial charge in [0.15, 0.2) is 6.10 Å². The van der Waals surface area contributed by atoms with E-state index >= 15 is 0 Å². The van der Waals surface area contributed by atoms with Crippen LogP contribution in [0.4, 0.5) is 10.8 Å². The van der Waals surface area contributed by atoms with E-state index in [1.807, 2.05) is 18.2 Å². The summed E-state index contributed by atoms with van der Waals surface area (Å²) in [6, 6.07) is 15.3. The molecule has 1 aliphatic rings. The number of carbonyl (C=O) groups is 2. The molecule has 2 amide bonds. The number of nitrogens with one attached hydrogen (secondary N) is 1. The number of carbonyl (C=O) groups excluding carboxylic acids is 2. The summed E-state index contributed by atoms with van der Waals surface area (Å²) >= 11 is 1.30. The third-order valence-electron chi connectivity index (χ3n) is 4.93. The highest BCUT2D eigenvalue weighted by molar-refractivity contribution is 7.18. The van der Waals surface area contributed by atoms with Gasteiger partial charge < -0.3 is 9.64 Å². The molecule has 8 heteroatoms. The first-order chi connectivity index (χ1) is 14.4. The summed E-state index contributed by atoms with van der Waals surface area (Å²) in [6.45, 7) is 5.90. The fourth-order valence-corrected chi connectivity index (χ4v) is 4.01. The van der Waals surface area contributed by atoms with Crippen molar-refractivity contribution in [2.24, 2.45) is 0 Å². The number of ether oxygens (including phenoxy) is 1. The average Bonchev–Trinajstić information content (AvgIpc) is 3.21. The molecular formula is C22H22N4O3S. The number of hydrogen-bond donors (Lipinski definition) is 1. The molecule has 0 bridgehead atoms. The average molecular weight is 423 g/mol. The number of aromatic nitrogens is 2. The Bertz CT molecular complexity index is 1080. The van der Waals surface area contributed by atoms with Gasteiger partial charge in [-0.1, -0.05) is 61.6 Å². The predicted molar refractivity (Wildman–Crippen MR) is 117 cm³/mol. The van der Waals surface area contributed by atoms with Crippen LogP contribution < -0.4 is 15.0 Å². The van der Waals surface area contributed by atoms with E-state index in [1.165, 1.54) is 23.8 Å². The summed E-state index contributed by atoms with van der Waals surface area (Å²) in [6.07, 6.45) is -0.832. The molecule has 1 atom stereocenters. The van der Waals surface area contributed by atoms with E-state index < -0.39 is 6.10 Å². The van der Waals surface area contributed by atoms with Gasteiger partial charge in [-0.25, -0.2) is 0 Å². The van der Waals surface area contributed by atoms with Gasteiger partial charge in [0, 0.05) is 12.5 Å². The second-order valence-electron chi connectivity index (χ2n) is 7.38. The Hall–Kier alpha value is -3.26. The third-order valence-corrected chi connectivity index (χ3v) is 5.81. The van der Waals surface area contributed by atoms with Gasteiger partial charge >= 0.3 is 0 Å². The fraction of sp³-hybridized carbons (Fsp3) is 0.273. The van der Waals surface area contributed by atoms with Crippen molar-refractivity contribution in [3.63, 3.8) is 0 Å².